The van der Waals surface area contributed by atoms with Crippen molar-refractivity contribution < 1.29 is 0 Å². The first-order chi connectivity index (χ1) is 7.49. The maximum Gasteiger partial charge on any atom is 0.147 e. The molecule has 0 amide bonds. The number of hydrogen-bond acceptors (Lipinski definition) is 3. The van der Waals surface area contributed by atoms with Gasteiger partial charge in [-0.05, 0) is 36.7 Å². The number of halogens is 1. The molecule has 0 bridgehead atoms. The molecule has 0 radical (unpaired) electrons. The minimum atomic E-state index is 0.685. The van der Waals surface area contributed by atoms with Gasteiger partial charge in [-0.1, -0.05) is 0 Å². The summed E-state index contributed by atoms with van der Waals surface area (Å²) in [6, 6.07) is 0. The smallest absolute Gasteiger partial charge is 0.147 e. The summed E-state index contributed by atoms with van der Waals surface area (Å²) in [5.74, 6) is 1.72. The highest BCUT2D eigenvalue weighted by atomic mass is 79.9. The van der Waals surface area contributed by atoms with Crippen LogP contribution < -0.4 is 0 Å². The number of hydrogen-bond donors (Lipinski definition) is 0. The maximum absolute atomic E-state index is 4.35. The largest absolute Gasteiger partial charge is 0.269 e. The van der Waals surface area contributed by atoms with Crippen molar-refractivity contribution in [1.29, 1.82) is 0 Å². The molecule has 5 nitrogen and oxygen atoms in total. The van der Waals surface area contributed by atoms with Crippen LogP contribution in [0.4, 0.5) is 0 Å². The molecule has 86 valence electrons. The molecule has 0 aliphatic carbocycles. The monoisotopic (exact) mass is 283 g/mol. The third-order valence-electron chi connectivity index (χ3n) is 2.52. The molecule has 2 heterocycles. The summed E-state index contributed by atoms with van der Waals surface area (Å²) in [6.45, 7) is 6.52. The van der Waals surface area contributed by atoms with Gasteiger partial charge in [0.05, 0.1) is 22.4 Å². The standard InChI is InChI=1S/C10H14BrN5/c1-6-10(11)9(15(4)13-6)5-16-8(3)12-7(2)14-16/h5H2,1-4H3. The molecule has 2 aromatic rings. The molecule has 2 rings (SSSR count). The van der Waals surface area contributed by atoms with Gasteiger partial charge in [0.2, 0.25) is 0 Å². The molecular formula is C10H14BrN5. The average molecular weight is 284 g/mol. The van der Waals surface area contributed by atoms with E-state index >= 15 is 0 Å². The predicted octanol–water partition coefficient (Wildman–Crippen LogP) is 1.75. The average Bonchev–Trinajstić information content (AvgIpc) is 2.62. The van der Waals surface area contributed by atoms with Crippen LogP contribution in [-0.2, 0) is 13.6 Å². The quantitative estimate of drug-likeness (QED) is 0.844. The number of nitrogens with zero attached hydrogens (tertiary/aromatic N) is 5. The summed E-state index contributed by atoms with van der Waals surface area (Å²) in [5.41, 5.74) is 2.09. The van der Waals surface area contributed by atoms with Gasteiger partial charge in [-0.2, -0.15) is 10.2 Å². The predicted molar refractivity (Wildman–Crippen MR) is 64.2 cm³/mol. The molecule has 0 aliphatic rings. The van der Waals surface area contributed by atoms with Gasteiger partial charge >= 0.3 is 0 Å². The zero-order valence-electron chi connectivity index (χ0n) is 9.82. The number of aryl methyl sites for hydroxylation is 4. The highest BCUT2D eigenvalue weighted by molar-refractivity contribution is 9.10. The van der Waals surface area contributed by atoms with Gasteiger partial charge in [0, 0.05) is 7.05 Å². The Morgan fingerprint density at radius 3 is 2.31 bits per heavy atom. The highest BCUT2D eigenvalue weighted by Gasteiger charge is 2.13. The zero-order valence-corrected chi connectivity index (χ0v) is 11.4. The second kappa shape index (κ2) is 4.01. The molecule has 0 atom stereocenters. The first-order valence-electron chi connectivity index (χ1n) is 5.05. The van der Waals surface area contributed by atoms with Crippen molar-refractivity contribution in [3.05, 3.63) is 27.5 Å². The topological polar surface area (TPSA) is 48.5 Å². The SMILES string of the molecule is Cc1nc(C)n(Cc2c(Br)c(C)nn2C)n1. The Hall–Kier alpha value is -1.17. The van der Waals surface area contributed by atoms with E-state index in [9.17, 15) is 0 Å². The van der Waals surface area contributed by atoms with Gasteiger partial charge in [0.15, 0.2) is 0 Å². The molecule has 0 saturated heterocycles. The lowest BCUT2D eigenvalue weighted by Gasteiger charge is -2.04. The first kappa shape index (κ1) is 11.3. The minimum absolute atomic E-state index is 0.685. The molecule has 2 aromatic heterocycles. The van der Waals surface area contributed by atoms with E-state index in [0.29, 0.717) is 6.54 Å². The van der Waals surface area contributed by atoms with Gasteiger partial charge in [-0.25, -0.2) is 9.67 Å². The number of aromatic nitrogens is 5. The maximum atomic E-state index is 4.35. The van der Waals surface area contributed by atoms with Crippen molar-refractivity contribution in [2.24, 2.45) is 7.05 Å². The fraction of sp³-hybridized carbons (Fsp3) is 0.500. The van der Waals surface area contributed by atoms with E-state index in [1.54, 1.807) is 0 Å². The Kier molecular flexibility index (Phi) is 2.84. The summed E-state index contributed by atoms with van der Waals surface area (Å²) in [7, 11) is 1.94. The van der Waals surface area contributed by atoms with Crippen LogP contribution in [0.5, 0.6) is 0 Å². The van der Waals surface area contributed by atoms with E-state index in [1.807, 2.05) is 37.2 Å². The Labute approximate surface area is 103 Å². The molecule has 0 aliphatic heterocycles. The highest BCUT2D eigenvalue weighted by Crippen LogP contribution is 2.21. The Morgan fingerprint density at radius 1 is 1.19 bits per heavy atom. The van der Waals surface area contributed by atoms with Crippen LogP contribution in [0.1, 0.15) is 23.0 Å². The van der Waals surface area contributed by atoms with Gasteiger partial charge in [0.25, 0.3) is 0 Å². The molecule has 0 aromatic carbocycles. The molecular weight excluding hydrogens is 270 g/mol. The Bertz CT molecular complexity index is 526. The van der Waals surface area contributed by atoms with Crippen LogP contribution in [0.25, 0.3) is 0 Å². The first-order valence-corrected chi connectivity index (χ1v) is 5.84. The number of rotatable bonds is 2. The Morgan fingerprint density at radius 2 is 1.88 bits per heavy atom. The molecule has 16 heavy (non-hydrogen) atoms. The summed E-state index contributed by atoms with van der Waals surface area (Å²) in [5, 5.41) is 8.69. The van der Waals surface area contributed by atoms with Crippen molar-refractivity contribution in [2.75, 3.05) is 0 Å². The third kappa shape index (κ3) is 1.89. The summed E-state index contributed by atoms with van der Waals surface area (Å²) >= 11 is 3.55. The van der Waals surface area contributed by atoms with Crippen LogP contribution >= 0.6 is 15.9 Å². The van der Waals surface area contributed by atoms with E-state index < -0.39 is 0 Å². The molecule has 0 unspecified atom stereocenters. The van der Waals surface area contributed by atoms with Crippen molar-refractivity contribution >= 4 is 15.9 Å². The van der Waals surface area contributed by atoms with Crippen molar-refractivity contribution in [2.45, 2.75) is 27.3 Å². The van der Waals surface area contributed by atoms with Crippen LogP contribution in [0.2, 0.25) is 0 Å². The summed E-state index contributed by atoms with van der Waals surface area (Å²) in [4.78, 5) is 4.28. The van der Waals surface area contributed by atoms with Gasteiger partial charge < -0.3 is 0 Å². The van der Waals surface area contributed by atoms with E-state index in [0.717, 1.165) is 27.5 Å². The van der Waals surface area contributed by atoms with Gasteiger partial charge in [-0.3, -0.25) is 4.68 Å². The zero-order chi connectivity index (χ0) is 11.9. The van der Waals surface area contributed by atoms with Crippen molar-refractivity contribution in [1.82, 2.24) is 24.5 Å². The lowest BCUT2D eigenvalue weighted by molar-refractivity contribution is 0.600. The van der Waals surface area contributed by atoms with Crippen LogP contribution in [0, 0.1) is 20.8 Å². The van der Waals surface area contributed by atoms with E-state index in [-0.39, 0.29) is 0 Å². The second-order valence-corrected chi connectivity index (χ2v) is 4.63. The summed E-state index contributed by atoms with van der Waals surface area (Å²) < 4.78 is 4.80. The molecule has 0 saturated carbocycles. The molecule has 6 heteroatoms. The lowest BCUT2D eigenvalue weighted by atomic mass is 10.3. The van der Waals surface area contributed by atoms with E-state index in [1.165, 1.54) is 0 Å². The minimum Gasteiger partial charge on any atom is -0.269 e. The van der Waals surface area contributed by atoms with E-state index in [4.69, 9.17) is 0 Å². The second-order valence-electron chi connectivity index (χ2n) is 3.83. The fourth-order valence-electron chi connectivity index (χ4n) is 1.70. The Balaban J connectivity index is 2.37. The molecule has 0 N–H and O–H groups in total. The van der Waals surface area contributed by atoms with Gasteiger partial charge in [-0.15, -0.1) is 0 Å². The van der Waals surface area contributed by atoms with Crippen molar-refractivity contribution in [3.63, 3.8) is 0 Å². The lowest BCUT2D eigenvalue weighted by Crippen LogP contribution is -2.09. The van der Waals surface area contributed by atoms with Gasteiger partial charge in [0.1, 0.15) is 11.6 Å². The fourth-order valence-corrected chi connectivity index (χ4v) is 2.17. The summed E-state index contributed by atoms with van der Waals surface area (Å²) in [6.07, 6.45) is 0. The normalized spacial score (nSPS) is 11.1. The molecule has 0 fully saturated rings. The van der Waals surface area contributed by atoms with Crippen LogP contribution in [0.15, 0.2) is 4.47 Å². The molecule has 0 spiro atoms. The third-order valence-corrected chi connectivity index (χ3v) is 3.56. The van der Waals surface area contributed by atoms with Crippen molar-refractivity contribution in [3.8, 4) is 0 Å². The van der Waals surface area contributed by atoms with E-state index in [2.05, 4.69) is 31.1 Å². The van der Waals surface area contributed by atoms with Crippen LogP contribution in [0.3, 0.4) is 0 Å². The van der Waals surface area contributed by atoms with Crippen LogP contribution in [-0.4, -0.2) is 24.5 Å².